The summed E-state index contributed by atoms with van der Waals surface area (Å²) in [5.74, 6) is 0.285. The molecule has 0 unspecified atom stereocenters. The molecule has 0 saturated heterocycles. The lowest BCUT2D eigenvalue weighted by Gasteiger charge is -2.26. The van der Waals surface area contributed by atoms with Crippen LogP contribution in [0.1, 0.15) is 36.0 Å². The zero-order chi connectivity index (χ0) is 18.5. The minimum Gasteiger partial charge on any atom is -0.507 e. The van der Waals surface area contributed by atoms with Crippen LogP contribution in [0.2, 0.25) is 0 Å². The van der Waals surface area contributed by atoms with E-state index in [1.54, 1.807) is 17.0 Å². The second-order valence-corrected chi connectivity index (χ2v) is 7.24. The van der Waals surface area contributed by atoms with Gasteiger partial charge >= 0.3 is 0 Å². The average molecular weight is 352 g/mol. The molecule has 1 fully saturated rings. The lowest BCUT2D eigenvalue weighted by atomic mass is 10.0. The number of phenolic OH excluding ortho intramolecular Hbond substituents is 1. The van der Waals surface area contributed by atoms with Crippen LogP contribution in [0, 0.1) is 0 Å². The van der Waals surface area contributed by atoms with E-state index in [2.05, 4.69) is 11.9 Å². The third kappa shape index (κ3) is 4.25. The quantitative estimate of drug-likeness (QED) is 0.854. The monoisotopic (exact) mass is 352 g/mol. The van der Waals surface area contributed by atoms with Crippen molar-refractivity contribution in [3.63, 3.8) is 0 Å². The molecule has 2 aromatic rings. The number of aromatic hydroxyl groups is 1. The maximum Gasteiger partial charge on any atom is 0.253 e. The predicted octanol–water partition coefficient (Wildman–Crippen LogP) is 4.01. The van der Waals surface area contributed by atoms with Gasteiger partial charge in [0.05, 0.1) is 0 Å². The van der Waals surface area contributed by atoms with Gasteiger partial charge < -0.3 is 14.9 Å². The fourth-order valence-corrected chi connectivity index (χ4v) is 3.67. The summed E-state index contributed by atoms with van der Waals surface area (Å²) in [7, 11) is 4.02. The van der Waals surface area contributed by atoms with Crippen LogP contribution in [0.5, 0.6) is 5.75 Å². The third-order valence-corrected chi connectivity index (χ3v) is 5.43. The molecule has 1 amide bonds. The molecule has 0 aromatic heterocycles. The Kier molecular flexibility index (Phi) is 5.94. The highest BCUT2D eigenvalue weighted by molar-refractivity contribution is 5.94. The molecule has 26 heavy (non-hydrogen) atoms. The van der Waals surface area contributed by atoms with Crippen molar-refractivity contribution in [2.75, 3.05) is 27.2 Å². The molecule has 0 aliphatic heterocycles. The molecule has 3 rings (SSSR count). The Balaban J connectivity index is 1.59. The Hall–Kier alpha value is -2.33. The molecular formula is C22H28N2O2. The van der Waals surface area contributed by atoms with E-state index < -0.39 is 0 Å². The Morgan fingerprint density at radius 3 is 2.31 bits per heavy atom. The number of para-hydroxylation sites is 1. The molecule has 4 nitrogen and oxygen atoms in total. The van der Waals surface area contributed by atoms with Gasteiger partial charge in [-0.05, 0) is 43.7 Å². The van der Waals surface area contributed by atoms with Gasteiger partial charge in [-0.1, -0.05) is 43.2 Å². The van der Waals surface area contributed by atoms with E-state index in [-0.39, 0.29) is 11.7 Å². The fourth-order valence-electron chi connectivity index (χ4n) is 3.67. The minimum absolute atomic E-state index is 0.0358. The van der Waals surface area contributed by atoms with Crippen molar-refractivity contribution in [1.29, 1.82) is 0 Å². The van der Waals surface area contributed by atoms with Gasteiger partial charge in [-0.15, -0.1) is 0 Å². The normalized spacial score (nSPS) is 14.7. The first-order valence-electron chi connectivity index (χ1n) is 9.40. The SMILES string of the molecule is CN(CCN(C)C1CCCC1)C(=O)c1ccc(-c2ccccc2O)cc1. The van der Waals surface area contributed by atoms with Crippen LogP contribution in [-0.4, -0.2) is 54.0 Å². The number of carbonyl (C=O) groups is 1. The molecule has 1 saturated carbocycles. The summed E-state index contributed by atoms with van der Waals surface area (Å²) in [5.41, 5.74) is 2.36. The number of carbonyl (C=O) groups excluding carboxylic acids is 1. The van der Waals surface area contributed by atoms with Gasteiger partial charge in [0, 0.05) is 37.3 Å². The molecule has 0 bridgehead atoms. The van der Waals surface area contributed by atoms with Crippen LogP contribution < -0.4 is 0 Å². The largest absolute Gasteiger partial charge is 0.507 e. The first kappa shape index (κ1) is 18.5. The Morgan fingerprint density at radius 2 is 1.65 bits per heavy atom. The molecular weight excluding hydrogens is 324 g/mol. The number of nitrogens with zero attached hydrogens (tertiary/aromatic N) is 2. The lowest BCUT2D eigenvalue weighted by Crippen LogP contribution is -2.38. The predicted molar refractivity (Wildman–Crippen MR) is 105 cm³/mol. The molecule has 0 atom stereocenters. The summed E-state index contributed by atoms with van der Waals surface area (Å²) < 4.78 is 0. The van der Waals surface area contributed by atoms with Crippen molar-refractivity contribution in [2.24, 2.45) is 0 Å². The zero-order valence-electron chi connectivity index (χ0n) is 15.7. The van der Waals surface area contributed by atoms with Gasteiger partial charge in [0.1, 0.15) is 5.75 Å². The number of hydrogen-bond donors (Lipinski definition) is 1. The molecule has 1 aliphatic rings. The molecule has 0 radical (unpaired) electrons. The van der Waals surface area contributed by atoms with Gasteiger partial charge in [0.15, 0.2) is 0 Å². The second-order valence-electron chi connectivity index (χ2n) is 7.24. The number of likely N-dealkylation sites (N-methyl/N-ethyl adjacent to an activating group) is 2. The van der Waals surface area contributed by atoms with Crippen LogP contribution in [0.15, 0.2) is 48.5 Å². The molecule has 2 aromatic carbocycles. The fraction of sp³-hybridized carbons (Fsp3) is 0.409. The number of hydrogen-bond acceptors (Lipinski definition) is 3. The average Bonchev–Trinajstić information content (AvgIpc) is 3.21. The van der Waals surface area contributed by atoms with Crippen molar-refractivity contribution in [1.82, 2.24) is 9.80 Å². The maximum absolute atomic E-state index is 12.7. The van der Waals surface area contributed by atoms with Crippen molar-refractivity contribution in [3.05, 3.63) is 54.1 Å². The Bertz CT molecular complexity index is 736. The third-order valence-electron chi connectivity index (χ3n) is 5.43. The number of rotatable bonds is 6. The summed E-state index contributed by atoms with van der Waals surface area (Å²) in [4.78, 5) is 16.8. The van der Waals surface area contributed by atoms with Crippen LogP contribution in [0.3, 0.4) is 0 Å². The Morgan fingerprint density at radius 1 is 1.00 bits per heavy atom. The van der Waals surface area contributed by atoms with E-state index in [4.69, 9.17) is 0 Å². The van der Waals surface area contributed by atoms with Crippen LogP contribution >= 0.6 is 0 Å². The molecule has 138 valence electrons. The van der Waals surface area contributed by atoms with Gasteiger partial charge in [0.25, 0.3) is 5.91 Å². The number of phenols is 1. The summed E-state index contributed by atoms with van der Waals surface area (Å²) in [6.45, 7) is 1.63. The van der Waals surface area contributed by atoms with E-state index in [1.807, 2.05) is 43.4 Å². The molecule has 0 spiro atoms. The highest BCUT2D eigenvalue weighted by atomic mass is 16.3. The highest BCUT2D eigenvalue weighted by Crippen LogP contribution is 2.28. The summed E-state index contributed by atoms with van der Waals surface area (Å²) in [5, 5.41) is 9.96. The topological polar surface area (TPSA) is 43.8 Å². The molecule has 4 heteroatoms. The smallest absolute Gasteiger partial charge is 0.253 e. The molecule has 0 heterocycles. The first-order chi connectivity index (χ1) is 12.6. The van der Waals surface area contributed by atoms with E-state index in [0.29, 0.717) is 11.6 Å². The van der Waals surface area contributed by atoms with Crippen molar-refractivity contribution >= 4 is 5.91 Å². The van der Waals surface area contributed by atoms with E-state index in [9.17, 15) is 9.90 Å². The van der Waals surface area contributed by atoms with Gasteiger partial charge in [-0.25, -0.2) is 0 Å². The summed E-state index contributed by atoms with van der Waals surface area (Å²) >= 11 is 0. The summed E-state index contributed by atoms with van der Waals surface area (Å²) in [6, 6.07) is 15.4. The lowest BCUT2D eigenvalue weighted by molar-refractivity contribution is 0.0774. The zero-order valence-corrected chi connectivity index (χ0v) is 15.7. The van der Waals surface area contributed by atoms with Gasteiger partial charge in [-0.2, -0.15) is 0 Å². The highest BCUT2D eigenvalue weighted by Gasteiger charge is 2.20. The van der Waals surface area contributed by atoms with E-state index in [1.165, 1.54) is 25.7 Å². The van der Waals surface area contributed by atoms with Gasteiger partial charge in [0.2, 0.25) is 0 Å². The van der Waals surface area contributed by atoms with Crippen molar-refractivity contribution < 1.29 is 9.90 Å². The van der Waals surface area contributed by atoms with Crippen LogP contribution in [-0.2, 0) is 0 Å². The van der Waals surface area contributed by atoms with Gasteiger partial charge in [-0.3, -0.25) is 4.79 Å². The van der Waals surface area contributed by atoms with Crippen LogP contribution in [0.25, 0.3) is 11.1 Å². The number of benzene rings is 2. The van der Waals surface area contributed by atoms with E-state index >= 15 is 0 Å². The van der Waals surface area contributed by atoms with E-state index in [0.717, 1.165) is 24.2 Å². The van der Waals surface area contributed by atoms with Crippen molar-refractivity contribution in [2.45, 2.75) is 31.7 Å². The minimum atomic E-state index is 0.0358. The Labute approximate surface area is 156 Å². The molecule has 1 N–H and O–H groups in total. The van der Waals surface area contributed by atoms with Crippen LogP contribution in [0.4, 0.5) is 0 Å². The first-order valence-corrected chi connectivity index (χ1v) is 9.40. The molecule has 1 aliphatic carbocycles. The van der Waals surface area contributed by atoms with Crippen molar-refractivity contribution in [3.8, 4) is 16.9 Å². The standard InChI is InChI=1S/C22H28N2O2/c1-23(19-7-3-4-8-19)15-16-24(2)22(26)18-13-11-17(12-14-18)20-9-5-6-10-21(20)25/h5-6,9-14,19,25H,3-4,7-8,15-16H2,1-2H3. The second kappa shape index (κ2) is 8.37. The number of amides is 1. The summed E-state index contributed by atoms with van der Waals surface area (Å²) in [6.07, 6.45) is 5.21. The maximum atomic E-state index is 12.7.